The fraction of sp³-hybridized carbons (Fsp3) is 0.133. The number of ether oxygens (including phenoxy) is 1. The van der Waals surface area contributed by atoms with Gasteiger partial charge in [-0.3, -0.25) is 0 Å². The van der Waals surface area contributed by atoms with Gasteiger partial charge >= 0.3 is 0 Å². The maximum absolute atomic E-state index is 13.7. The van der Waals surface area contributed by atoms with E-state index in [9.17, 15) is 8.78 Å². The van der Waals surface area contributed by atoms with Crippen LogP contribution in [0.15, 0.2) is 36.4 Å². The third-order valence-electron chi connectivity index (χ3n) is 2.75. The molecule has 2 nitrogen and oxygen atoms in total. The van der Waals surface area contributed by atoms with Crippen molar-refractivity contribution in [3.05, 3.63) is 64.7 Å². The summed E-state index contributed by atoms with van der Waals surface area (Å²) in [7, 11) is 0. The molecule has 0 N–H and O–H groups in total. The summed E-state index contributed by atoms with van der Waals surface area (Å²) in [4.78, 5) is 0. The lowest BCUT2D eigenvalue weighted by atomic mass is 10.1. The SMILES string of the molecule is N#Cc1ccc(COc2c(F)cccc2CCl)c(F)c1. The Morgan fingerprint density at radius 1 is 1.10 bits per heavy atom. The van der Waals surface area contributed by atoms with Crippen molar-refractivity contribution in [2.24, 2.45) is 0 Å². The van der Waals surface area contributed by atoms with Crippen molar-refractivity contribution in [1.29, 1.82) is 5.26 Å². The molecule has 0 amide bonds. The number of rotatable bonds is 4. The van der Waals surface area contributed by atoms with Crippen molar-refractivity contribution >= 4 is 11.6 Å². The van der Waals surface area contributed by atoms with Crippen LogP contribution < -0.4 is 4.74 Å². The van der Waals surface area contributed by atoms with Gasteiger partial charge in [0.05, 0.1) is 17.5 Å². The highest BCUT2D eigenvalue weighted by Crippen LogP contribution is 2.25. The molecule has 2 rings (SSSR count). The Hall–Kier alpha value is -2.12. The number of nitriles is 1. The Morgan fingerprint density at radius 2 is 1.90 bits per heavy atom. The van der Waals surface area contributed by atoms with E-state index in [1.807, 2.05) is 6.07 Å². The first kappa shape index (κ1) is 14.3. The van der Waals surface area contributed by atoms with Crippen molar-refractivity contribution in [3.63, 3.8) is 0 Å². The van der Waals surface area contributed by atoms with Gasteiger partial charge in [-0.1, -0.05) is 18.2 Å². The van der Waals surface area contributed by atoms with E-state index in [1.165, 1.54) is 24.3 Å². The number of para-hydroxylation sites is 1. The van der Waals surface area contributed by atoms with E-state index in [0.717, 1.165) is 6.07 Å². The average molecular weight is 294 g/mol. The number of nitrogens with zero attached hydrogens (tertiary/aromatic N) is 1. The van der Waals surface area contributed by atoms with Gasteiger partial charge in [-0.05, 0) is 18.2 Å². The maximum atomic E-state index is 13.7. The number of hydrogen-bond donors (Lipinski definition) is 0. The van der Waals surface area contributed by atoms with E-state index in [2.05, 4.69) is 0 Å². The van der Waals surface area contributed by atoms with Crippen LogP contribution in [-0.2, 0) is 12.5 Å². The summed E-state index contributed by atoms with van der Waals surface area (Å²) >= 11 is 5.70. The highest BCUT2D eigenvalue weighted by Gasteiger charge is 2.11. The van der Waals surface area contributed by atoms with Crippen LogP contribution >= 0.6 is 11.6 Å². The summed E-state index contributed by atoms with van der Waals surface area (Å²) in [6, 6.07) is 10.3. The third kappa shape index (κ3) is 3.06. The summed E-state index contributed by atoms with van der Waals surface area (Å²) in [5.41, 5.74) is 0.965. The van der Waals surface area contributed by atoms with Gasteiger partial charge in [0, 0.05) is 11.1 Å². The number of alkyl halides is 1. The number of halogens is 3. The largest absolute Gasteiger partial charge is 0.485 e. The van der Waals surface area contributed by atoms with Crippen LogP contribution in [0.5, 0.6) is 5.75 Å². The summed E-state index contributed by atoms with van der Waals surface area (Å²) in [5.74, 6) is -0.987. The van der Waals surface area contributed by atoms with Crippen molar-refractivity contribution < 1.29 is 13.5 Å². The van der Waals surface area contributed by atoms with E-state index in [-0.39, 0.29) is 29.4 Å². The van der Waals surface area contributed by atoms with Crippen LogP contribution in [0.2, 0.25) is 0 Å². The Balaban J connectivity index is 2.19. The highest BCUT2D eigenvalue weighted by molar-refractivity contribution is 6.17. The van der Waals surface area contributed by atoms with E-state index < -0.39 is 11.6 Å². The van der Waals surface area contributed by atoms with Gasteiger partial charge < -0.3 is 4.74 Å². The normalized spacial score (nSPS) is 10.1. The summed E-state index contributed by atoms with van der Waals surface area (Å²) in [6.45, 7) is -0.137. The van der Waals surface area contributed by atoms with E-state index in [0.29, 0.717) is 5.56 Å². The van der Waals surface area contributed by atoms with Gasteiger partial charge in [-0.15, -0.1) is 11.6 Å². The first-order valence-corrected chi connectivity index (χ1v) is 6.34. The Morgan fingerprint density at radius 3 is 2.55 bits per heavy atom. The Kier molecular flexibility index (Phi) is 4.54. The van der Waals surface area contributed by atoms with Crippen LogP contribution in [0, 0.1) is 23.0 Å². The van der Waals surface area contributed by atoms with Gasteiger partial charge in [0.1, 0.15) is 12.4 Å². The van der Waals surface area contributed by atoms with Gasteiger partial charge in [0.25, 0.3) is 0 Å². The van der Waals surface area contributed by atoms with E-state index >= 15 is 0 Å². The van der Waals surface area contributed by atoms with E-state index in [4.69, 9.17) is 21.6 Å². The molecule has 0 bridgehead atoms. The lowest BCUT2D eigenvalue weighted by Crippen LogP contribution is -2.02. The molecule has 0 saturated heterocycles. The molecule has 2 aromatic carbocycles. The van der Waals surface area contributed by atoms with Crippen LogP contribution in [0.3, 0.4) is 0 Å². The van der Waals surface area contributed by atoms with Crippen molar-refractivity contribution in [2.45, 2.75) is 12.5 Å². The minimum atomic E-state index is -0.562. The topological polar surface area (TPSA) is 33.0 Å². The second-order valence-electron chi connectivity index (χ2n) is 4.07. The molecule has 2 aromatic rings. The lowest BCUT2D eigenvalue weighted by Gasteiger charge is -2.11. The molecule has 0 heterocycles. The first-order valence-electron chi connectivity index (χ1n) is 5.80. The summed E-state index contributed by atoms with van der Waals surface area (Å²) < 4.78 is 32.6. The van der Waals surface area contributed by atoms with Crippen molar-refractivity contribution in [2.75, 3.05) is 0 Å². The number of benzene rings is 2. The molecule has 0 fully saturated rings. The van der Waals surface area contributed by atoms with Crippen molar-refractivity contribution in [1.82, 2.24) is 0 Å². The fourth-order valence-electron chi connectivity index (χ4n) is 1.70. The zero-order valence-electron chi connectivity index (χ0n) is 10.4. The standard InChI is InChI=1S/C15H10ClF2NO/c16-7-11-2-1-3-13(17)15(11)20-9-12-5-4-10(8-19)6-14(12)18/h1-6H,7,9H2. The molecule has 0 atom stereocenters. The molecule has 0 spiro atoms. The predicted octanol–water partition coefficient (Wildman–Crippen LogP) is 4.15. The molecular formula is C15H10ClF2NO. The van der Waals surface area contributed by atoms with Gasteiger partial charge in [0.2, 0.25) is 0 Å². The predicted molar refractivity (Wildman–Crippen MR) is 71.4 cm³/mol. The van der Waals surface area contributed by atoms with Gasteiger partial charge in [0.15, 0.2) is 11.6 Å². The van der Waals surface area contributed by atoms with Crippen LogP contribution in [0.1, 0.15) is 16.7 Å². The van der Waals surface area contributed by atoms with Crippen molar-refractivity contribution in [3.8, 4) is 11.8 Å². The second-order valence-corrected chi connectivity index (χ2v) is 4.34. The highest BCUT2D eigenvalue weighted by atomic mass is 35.5. The molecule has 0 unspecified atom stereocenters. The van der Waals surface area contributed by atoms with Crippen LogP contribution in [0.25, 0.3) is 0 Å². The molecule has 102 valence electrons. The maximum Gasteiger partial charge on any atom is 0.165 e. The van der Waals surface area contributed by atoms with Gasteiger partial charge in [-0.2, -0.15) is 5.26 Å². The third-order valence-corrected chi connectivity index (χ3v) is 3.03. The zero-order chi connectivity index (χ0) is 14.5. The molecule has 0 aliphatic carbocycles. The molecule has 5 heteroatoms. The fourth-order valence-corrected chi connectivity index (χ4v) is 1.91. The molecule has 0 aromatic heterocycles. The molecule has 0 saturated carbocycles. The quantitative estimate of drug-likeness (QED) is 0.793. The van der Waals surface area contributed by atoms with Crippen LogP contribution in [0.4, 0.5) is 8.78 Å². The smallest absolute Gasteiger partial charge is 0.165 e. The summed E-state index contributed by atoms with van der Waals surface area (Å²) in [5, 5.41) is 8.65. The van der Waals surface area contributed by atoms with Crippen LogP contribution in [-0.4, -0.2) is 0 Å². The monoisotopic (exact) mass is 293 g/mol. The average Bonchev–Trinajstić information content (AvgIpc) is 2.46. The molecule has 20 heavy (non-hydrogen) atoms. The molecule has 0 aliphatic rings. The lowest BCUT2D eigenvalue weighted by molar-refractivity contribution is 0.282. The number of hydrogen-bond acceptors (Lipinski definition) is 2. The minimum absolute atomic E-state index is 0.0197. The van der Waals surface area contributed by atoms with E-state index in [1.54, 1.807) is 6.07 Å². The molecular weight excluding hydrogens is 284 g/mol. The second kappa shape index (κ2) is 6.36. The first-order chi connectivity index (χ1) is 9.65. The Bertz CT molecular complexity index is 667. The zero-order valence-corrected chi connectivity index (χ0v) is 11.1. The van der Waals surface area contributed by atoms with Gasteiger partial charge in [-0.25, -0.2) is 8.78 Å². The minimum Gasteiger partial charge on any atom is -0.485 e. The Labute approximate surface area is 120 Å². The summed E-state index contributed by atoms with van der Waals surface area (Å²) in [6.07, 6.45) is 0. The molecule has 0 aliphatic heterocycles. The molecule has 0 radical (unpaired) electrons.